The van der Waals surface area contributed by atoms with E-state index in [1.54, 1.807) is 0 Å². The maximum Gasteiger partial charge on any atom is 0.185 e. The molecule has 16 heavy (non-hydrogen) atoms. The largest absolute Gasteiger partial charge is 0.321 e. The third-order valence-electron chi connectivity index (χ3n) is 2.98. The van der Waals surface area contributed by atoms with Crippen LogP contribution in [0.4, 0.5) is 0 Å². The summed E-state index contributed by atoms with van der Waals surface area (Å²) in [5.41, 5.74) is 1.94. The summed E-state index contributed by atoms with van der Waals surface area (Å²) in [6, 6.07) is 7.87. The van der Waals surface area contributed by atoms with Gasteiger partial charge in [-0.1, -0.05) is 32.4 Å². The third-order valence-corrected chi connectivity index (χ3v) is 2.98. The molecule has 3 heteroatoms. The molecule has 0 saturated carbocycles. The number of imidazole rings is 1. The lowest BCUT2D eigenvalue weighted by atomic mass is 10.1. The van der Waals surface area contributed by atoms with Crippen LogP contribution in [0.2, 0.25) is 0 Å². The minimum Gasteiger partial charge on any atom is -0.321 e. The van der Waals surface area contributed by atoms with Gasteiger partial charge in [-0.05, 0) is 18.1 Å². The van der Waals surface area contributed by atoms with Crippen molar-refractivity contribution in [3.63, 3.8) is 0 Å². The Morgan fingerprint density at radius 3 is 2.88 bits per heavy atom. The lowest BCUT2D eigenvalue weighted by Crippen LogP contribution is -2.09. The van der Waals surface area contributed by atoms with E-state index in [2.05, 4.69) is 18.8 Å². The van der Waals surface area contributed by atoms with Crippen LogP contribution in [-0.4, -0.2) is 15.8 Å². The molecule has 1 heterocycles. The van der Waals surface area contributed by atoms with Gasteiger partial charge < -0.3 is 4.57 Å². The zero-order valence-corrected chi connectivity index (χ0v) is 9.68. The SMILES string of the molecule is CC[C@H](C)Cn1c(C=O)nc2ccccc21. The van der Waals surface area contributed by atoms with Crippen LogP contribution in [0.15, 0.2) is 24.3 Å². The summed E-state index contributed by atoms with van der Waals surface area (Å²) in [5, 5.41) is 0. The standard InChI is InChI=1S/C13H16N2O/c1-3-10(2)8-15-12-7-5-4-6-11(12)14-13(15)9-16/h4-7,9-10H,3,8H2,1-2H3/t10-/m0/s1. The number of hydrogen-bond acceptors (Lipinski definition) is 2. The summed E-state index contributed by atoms with van der Waals surface area (Å²) in [5.74, 6) is 1.08. The highest BCUT2D eigenvalue weighted by Gasteiger charge is 2.11. The van der Waals surface area contributed by atoms with E-state index >= 15 is 0 Å². The second-order valence-corrected chi connectivity index (χ2v) is 4.20. The molecule has 2 aromatic rings. The predicted octanol–water partition coefficient (Wildman–Crippen LogP) is 2.89. The van der Waals surface area contributed by atoms with Crippen LogP contribution >= 0.6 is 0 Å². The Hall–Kier alpha value is -1.64. The molecule has 0 aliphatic carbocycles. The number of benzene rings is 1. The monoisotopic (exact) mass is 216 g/mol. The second kappa shape index (κ2) is 4.47. The maximum absolute atomic E-state index is 11.0. The number of fused-ring (bicyclic) bond motifs is 1. The van der Waals surface area contributed by atoms with E-state index in [0.717, 1.165) is 30.3 Å². The molecule has 0 unspecified atom stereocenters. The Kier molecular flexibility index (Phi) is 3.04. The molecule has 0 amide bonds. The van der Waals surface area contributed by atoms with Gasteiger partial charge in [0, 0.05) is 6.54 Å². The number of nitrogens with zero attached hydrogens (tertiary/aromatic N) is 2. The highest BCUT2D eigenvalue weighted by Crippen LogP contribution is 2.17. The van der Waals surface area contributed by atoms with Crippen molar-refractivity contribution in [1.82, 2.24) is 9.55 Å². The quantitative estimate of drug-likeness (QED) is 0.736. The summed E-state index contributed by atoms with van der Waals surface area (Å²) >= 11 is 0. The van der Waals surface area contributed by atoms with E-state index in [0.29, 0.717) is 11.7 Å². The molecule has 0 saturated heterocycles. The number of hydrogen-bond donors (Lipinski definition) is 0. The topological polar surface area (TPSA) is 34.9 Å². The van der Waals surface area contributed by atoms with Crippen LogP contribution in [0.3, 0.4) is 0 Å². The summed E-state index contributed by atoms with van der Waals surface area (Å²) in [6.07, 6.45) is 1.94. The van der Waals surface area contributed by atoms with Crippen molar-refractivity contribution in [3.8, 4) is 0 Å². The predicted molar refractivity (Wildman–Crippen MR) is 64.6 cm³/mol. The number of aromatic nitrogens is 2. The van der Waals surface area contributed by atoms with Crippen molar-refractivity contribution in [2.24, 2.45) is 5.92 Å². The Labute approximate surface area is 95.1 Å². The number of carbonyl (C=O) groups excluding carboxylic acids is 1. The second-order valence-electron chi connectivity index (χ2n) is 4.20. The fourth-order valence-electron chi connectivity index (χ4n) is 1.82. The van der Waals surface area contributed by atoms with Crippen LogP contribution < -0.4 is 0 Å². The molecule has 1 aromatic carbocycles. The van der Waals surface area contributed by atoms with Crippen molar-refractivity contribution < 1.29 is 4.79 Å². The van der Waals surface area contributed by atoms with Gasteiger partial charge in [0.2, 0.25) is 0 Å². The molecule has 0 bridgehead atoms. The van der Waals surface area contributed by atoms with Gasteiger partial charge in [-0.3, -0.25) is 4.79 Å². The summed E-state index contributed by atoms with van der Waals surface area (Å²) in [4.78, 5) is 15.3. The zero-order chi connectivity index (χ0) is 11.5. The minimum atomic E-state index is 0.529. The molecule has 2 rings (SSSR count). The fourth-order valence-corrected chi connectivity index (χ4v) is 1.82. The number of carbonyl (C=O) groups is 1. The van der Waals surface area contributed by atoms with E-state index in [1.807, 2.05) is 28.8 Å². The van der Waals surface area contributed by atoms with Gasteiger partial charge in [-0.25, -0.2) is 4.98 Å². The Morgan fingerprint density at radius 2 is 2.19 bits per heavy atom. The van der Waals surface area contributed by atoms with E-state index in [1.165, 1.54) is 0 Å². The molecule has 0 fully saturated rings. The molecule has 1 atom stereocenters. The smallest absolute Gasteiger partial charge is 0.185 e. The maximum atomic E-state index is 11.0. The van der Waals surface area contributed by atoms with Crippen LogP contribution in [-0.2, 0) is 6.54 Å². The molecule has 0 N–H and O–H groups in total. The van der Waals surface area contributed by atoms with E-state index in [9.17, 15) is 4.79 Å². The molecular formula is C13H16N2O. The van der Waals surface area contributed by atoms with E-state index < -0.39 is 0 Å². The Morgan fingerprint density at radius 1 is 1.44 bits per heavy atom. The normalized spacial score (nSPS) is 12.9. The van der Waals surface area contributed by atoms with Gasteiger partial charge in [0.25, 0.3) is 0 Å². The molecule has 1 aromatic heterocycles. The van der Waals surface area contributed by atoms with Gasteiger partial charge in [0.15, 0.2) is 12.1 Å². The van der Waals surface area contributed by atoms with Gasteiger partial charge in [-0.15, -0.1) is 0 Å². The van der Waals surface area contributed by atoms with Crippen molar-refractivity contribution in [2.75, 3.05) is 0 Å². The third kappa shape index (κ3) is 1.85. The van der Waals surface area contributed by atoms with Crippen LogP contribution in [0.1, 0.15) is 30.9 Å². The molecule has 3 nitrogen and oxygen atoms in total. The average Bonchev–Trinajstić information content (AvgIpc) is 2.67. The highest BCUT2D eigenvalue weighted by molar-refractivity contribution is 5.82. The van der Waals surface area contributed by atoms with Crippen molar-refractivity contribution in [1.29, 1.82) is 0 Å². The Balaban J connectivity index is 2.51. The number of rotatable bonds is 4. The van der Waals surface area contributed by atoms with Crippen molar-refractivity contribution in [2.45, 2.75) is 26.8 Å². The molecule has 0 radical (unpaired) electrons. The van der Waals surface area contributed by atoms with Gasteiger partial charge >= 0.3 is 0 Å². The van der Waals surface area contributed by atoms with Crippen LogP contribution in [0.5, 0.6) is 0 Å². The van der Waals surface area contributed by atoms with Crippen molar-refractivity contribution in [3.05, 3.63) is 30.1 Å². The summed E-state index contributed by atoms with van der Waals surface area (Å²) < 4.78 is 2.01. The highest BCUT2D eigenvalue weighted by atomic mass is 16.1. The lowest BCUT2D eigenvalue weighted by molar-refractivity contribution is 0.111. The molecule has 0 aliphatic rings. The van der Waals surface area contributed by atoms with E-state index in [4.69, 9.17) is 0 Å². The molecule has 0 aliphatic heterocycles. The first-order valence-electron chi connectivity index (χ1n) is 5.66. The van der Waals surface area contributed by atoms with Gasteiger partial charge in [0.1, 0.15) is 0 Å². The van der Waals surface area contributed by atoms with Crippen LogP contribution in [0, 0.1) is 5.92 Å². The van der Waals surface area contributed by atoms with E-state index in [-0.39, 0.29) is 0 Å². The molecular weight excluding hydrogens is 200 g/mol. The number of para-hydroxylation sites is 2. The fraction of sp³-hybridized carbons (Fsp3) is 0.385. The van der Waals surface area contributed by atoms with Gasteiger partial charge in [0.05, 0.1) is 11.0 Å². The Bertz CT molecular complexity index is 502. The first-order valence-corrected chi connectivity index (χ1v) is 5.66. The summed E-state index contributed by atoms with van der Waals surface area (Å²) in [6.45, 7) is 5.19. The minimum absolute atomic E-state index is 0.529. The molecule has 84 valence electrons. The van der Waals surface area contributed by atoms with Gasteiger partial charge in [-0.2, -0.15) is 0 Å². The first kappa shape index (κ1) is 10.9. The van der Waals surface area contributed by atoms with Crippen molar-refractivity contribution >= 4 is 17.3 Å². The first-order chi connectivity index (χ1) is 7.76. The number of aldehydes is 1. The van der Waals surface area contributed by atoms with Crippen LogP contribution in [0.25, 0.3) is 11.0 Å². The lowest BCUT2D eigenvalue weighted by Gasteiger charge is -2.11. The molecule has 0 spiro atoms. The zero-order valence-electron chi connectivity index (χ0n) is 9.68. The summed E-state index contributed by atoms with van der Waals surface area (Å²) in [7, 11) is 0. The average molecular weight is 216 g/mol.